The molecule has 2 rings (SSSR count). The highest BCUT2D eigenvalue weighted by atomic mass is 15.2. The van der Waals surface area contributed by atoms with Crippen molar-refractivity contribution in [1.29, 1.82) is 0 Å². The van der Waals surface area contributed by atoms with Crippen molar-refractivity contribution in [2.24, 2.45) is 14.1 Å². The molecule has 4 nitrogen and oxygen atoms in total. The van der Waals surface area contributed by atoms with Gasteiger partial charge in [-0.15, -0.1) is 0 Å². The predicted octanol–water partition coefficient (Wildman–Crippen LogP) is 6.11. The Morgan fingerprint density at radius 1 is 0.533 bits per heavy atom. The Bertz CT molecular complexity index is 698. The summed E-state index contributed by atoms with van der Waals surface area (Å²) in [6, 6.07) is 0. The fourth-order valence-electron chi connectivity index (χ4n) is 4.46. The van der Waals surface area contributed by atoms with E-state index in [1.54, 1.807) is 0 Å². The molecule has 0 aliphatic carbocycles. The van der Waals surface area contributed by atoms with Crippen molar-refractivity contribution in [3.8, 4) is 11.6 Å². The van der Waals surface area contributed by atoms with Crippen LogP contribution in [0.4, 0.5) is 0 Å². The number of hydrogen-bond acceptors (Lipinski definition) is 0. The first-order valence-electron chi connectivity index (χ1n) is 12.8. The predicted molar refractivity (Wildman–Crippen MR) is 126 cm³/mol. The van der Waals surface area contributed by atoms with Crippen molar-refractivity contribution in [2.75, 3.05) is 0 Å². The van der Waals surface area contributed by atoms with Gasteiger partial charge in [-0.2, -0.15) is 0 Å². The molecule has 170 valence electrons. The summed E-state index contributed by atoms with van der Waals surface area (Å²) in [4.78, 5) is 0. The monoisotopic (exact) mass is 416 g/mol. The second-order valence-corrected chi connectivity index (χ2v) is 9.09. The molecule has 0 aromatic carbocycles. The average Bonchev–Trinajstić information content (AvgIpc) is 3.28. The summed E-state index contributed by atoms with van der Waals surface area (Å²) in [5.41, 5.74) is 0. The van der Waals surface area contributed by atoms with Crippen molar-refractivity contribution >= 4 is 0 Å². The zero-order chi connectivity index (χ0) is 21.6. The maximum absolute atomic E-state index is 2.46. The van der Waals surface area contributed by atoms with Crippen LogP contribution in [-0.4, -0.2) is 9.13 Å². The number of nitrogens with zero attached hydrogens (tertiary/aromatic N) is 4. The van der Waals surface area contributed by atoms with Crippen LogP contribution < -0.4 is 9.13 Å². The first kappa shape index (κ1) is 24.7. The molecule has 0 bridgehead atoms. The molecule has 2 aromatic heterocycles. The fourth-order valence-corrected chi connectivity index (χ4v) is 4.46. The number of imidazole rings is 2. The van der Waals surface area contributed by atoms with E-state index < -0.39 is 0 Å². The fraction of sp³-hybridized carbons (Fsp3) is 0.769. The van der Waals surface area contributed by atoms with Crippen LogP contribution in [-0.2, 0) is 27.2 Å². The molecular weight excluding hydrogens is 368 g/mol. The van der Waals surface area contributed by atoms with Gasteiger partial charge in [-0.1, -0.05) is 78.1 Å². The summed E-state index contributed by atoms with van der Waals surface area (Å²) >= 11 is 0. The SMILES string of the molecule is CCCCCCCCCCCCn1cc[n+](C)c1-c1n(CCCCCC)cc[n+]1C. The number of unbranched alkanes of at least 4 members (excludes halogenated alkanes) is 12. The van der Waals surface area contributed by atoms with Crippen molar-refractivity contribution in [2.45, 2.75) is 117 Å². The maximum atomic E-state index is 2.46. The summed E-state index contributed by atoms with van der Waals surface area (Å²) in [6.45, 7) is 6.80. The number of aryl methyl sites for hydroxylation is 4. The van der Waals surface area contributed by atoms with E-state index >= 15 is 0 Å². The van der Waals surface area contributed by atoms with Crippen molar-refractivity contribution in [3.63, 3.8) is 0 Å². The molecule has 0 atom stereocenters. The minimum Gasteiger partial charge on any atom is -0.226 e. The molecular formula is C26H48N4+2. The third kappa shape index (κ3) is 7.92. The maximum Gasteiger partial charge on any atom is 0.373 e. The van der Waals surface area contributed by atoms with Gasteiger partial charge in [-0.05, 0) is 25.7 Å². The van der Waals surface area contributed by atoms with Crippen LogP contribution in [0.5, 0.6) is 0 Å². The lowest BCUT2D eigenvalue weighted by atomic mass is 10.1. The van der Waals surface area contributed by atoms with E-state index in [9.17, 15) is 0 Å². The standard InChI is InChI=1S/C26H48N4/c1-5-7-9-11-12-13-14-15-16-18-20-30-24-22-28(4)26(30)25-27(3)21-23-29(25)19-17-10-8-6-2/h21-24H,5-20H2,1-4H3/q+2. The van der Waals surface area contributed by atoms with Gasteiger partial charge in [0.25, 0.3) is 0 Å². The van der Waals surface area contributed by atoms with Gasteiger partial charge in [0.15, 0.2) is 0 Å². The number of rotatable bonds is 17. The summed E-state index contributed by atoms with van der Waals surface area (Å²) in [5, 5.41) is 0. The van der Waals surface area contributed by atoms with E-state index in [2.05, 4.69) is 71.0 Å². The van der Waals surface area contributed by atoms with E-state index in [0.717, 1.165) is 13.1 Å². The molecule has 0 fully saturated rings. The molecule has 0 amide bonds. The molecule has 0 N–H and O–H groups in total. The van der Waals surface area contributed by atoms with Gasteiger partial charge in [-0.3, -0.25) is 0 Å². The highest BCUT2D eigenvalue weighted by molar-refractivity contribution is 5.36. The molecule has 30 heavy (non-hydrogen) atoms. The van der Waals surface area contributed by atoms with Gasteiger partial charge >= 0.3 is 11.6 Å². The zero-order valence-electron chi connectivity index (χ0n) is 20.4. The van der Waals surface area contributed by atoms with Gasteiger partial charge in [0, 0.05) is 0 Å². The molecule has 2 heterocycles. The van der Waals surface area contributed by atoms with Crippen LogP contribution in [0.15, 0.2) is 24.8 Å². The molecule has 4 heteroatoms. The Hall–Kier alpha value is -1.58. The largest absolute Gasteiger partial charge is 0.373 e. The highest BCUT2D eigenvalue weighted by Crippen LogP contribution is 2.16. The van der Waals surface area contributed by atoms with Gasteiger partial charge in [-0.25, -0.2) is 18.3 Å². The number of hydrogen-bond donors (Lipinski definition) is 0. The second kappa shape index (κ2) is 14.4. The molecule has 0 aliphatic rings. The summed E-state index contributed by atoms with van der Waals surface area (Å²) < 4.78 is 9.47. The van der Waals surface area contributed by atoms with Gasteiger partial charge in [0.1, 0.15) is 24.8 Å². The smallest absolute Gasteiger partial charge is 0.226 e. The van der Waals surface area contributed by atoms with Crippen molar-refractivity contribution in [1.82, 2.24) is 9.13 Å². The molecule has 2 aromatic rings. The van der Waals surface area contributed by atoms with Gasteiger partial charge in [0.05, 0.1) is 27.2 Å². The third-order valence-corrected chi connectivity index (χ3v) is 6.36. The Balaban J connectivity index is 1.82. The average molecular weight is 417 g/mol. The van der Waals surface area contributed by atoms with E-state index in [1.807, 2.05) is 0 Å². The molecule has 0 unspecified atom stereocenters. The van der Waals surface area contributed by atoms with Crippen LogP contribution in [0.1, 0.15) is 104 Å². The lowest BCUT2D eigenvalue weighted by Gasteiger charge is -2.05. The van der Waals surface area contributed by atoms with Crippen LogP contribution in [0, 0.1) is 0 Å². The molecule has 0 aliphatic heterocycles. The van der Waals surface area contributed by atoms with E-state index in [1.165, 1.54) is 102 Å². The van der Waals surface area contributed by atoms with E-state index in [-0.39, 0.29) is 0 Å². The Morgan fingerprint density at radius 3 is 1.27 bits per heavy atom. The minimum atomic E-state index is 1.11. The Kier molecular flexibility index (Phi) is 11.9. The Labute approximate surface area is 185 Å². The first-order valence-corrected chi connectivity index (χ1v) is 12.8. The van der Waals surface area contributed by atoms with Crippen molar-refractivity contribution < 1.29 is 9.13 Å². The zero-order valence-corrected chi connectivity index (χ0v) is 20.4. The quantitative estimate of drug-likeness (QED) is 0.219. The molecule has 0 spiro atoms. The second-order valence-electron chi connectivity index (χ2n) is 9.09. The highest BCUT2D eigenvalue weighted by Gasteiger charge is 2.29. The minimum absolute atomic E-state index is 1.11. The van der Waals surface area contributed by atoms with Crippen LogP contribution in [0.2, 0.25) is 0 Å². The molecule has 0 radical (unpaired) electrons. The normalized spacial score (nSPS) is 11.5. The first-order chi connectivity index (χ1) is 14.7. The summed E-state index contributed by atoms with van der Waals surface area (Å²) in [7, 11) is 4.36. The Morgan fingerprint density at radius 2 is 0.867 bits per heavy atom. The van der Waals surface area contributed by atoms with Crippen LogP contribution in [0.25, 0.3) is 11.6 Å². The van der Waals surface area contributed by atoms with E-state index in [4.69, 9.17) is 0 Å². The van der Waals surface area contributed by atoms with Gasteiger partial charge < -0.3 is 0 Å². The van der Waals surface area contributed by atoms with Crippen LogP contribution >= 0.6 is 0 Å². The topological polar surface area (TPSA) is 17.6 Å². The van der Waals surface area contributed by atoms with Crippen molar-refractivity contribution in [3.05, 3.63) is 24.8 Å². The lowest BCUT2D eigenvalue weighted by molar-refractivity contribution is -0.690. The summed E-state index contributed by atoms with van der Waals surface area (Å²) in [6.07, 6.45) is 28.1. The van der Waals surface area contributed by atoms with Gasteiger partial charge in [0.2, 0.25) is 0 Å². The molecule has 0 saturated carbocycles. The summed E-state index contributed by atoms with van der Waals surface area (Å²) in [5.74, 6) is 2.65. The third-order valence-electron chi connectivity index (χ3n) is 6.36. The van der Waals surface area contributed by atoms with Crippen LogP contribution in [0.3, 0.4) is 0 Å². The molecule has 0 saturated heterocycles. The van der Waals surface area contributed by atoms with E-state index in [0.29, 0.717) is 0 Å². The lowest BCUT2D eigenvalue weighted by Crippen LogP contribution is -2.38. The number of aromatic nitrogens is 4.